The molecule has 23 heavy (non-hydrogen) atoms. The van der Waals surface area contributed by atoms with Gasteiger partial charge in [-0.2, -0.15) is 13.2 Å². The first kappa shape index (κ1) is 17.8. The number of ether oxygens (including phenoxy) is 1. The lowest BCUT2D eigenvalue weighted by Crippen LogP contribution is -2.29. The summed E-state index contributed by atoms with van der Waals surface area (Å²) in [6.45, 7) is 9.11. The highest BCUT2D eigenvalue weighted by Crippen LogP contribution is 2.75. The molecule has 0 radical (unpaired) electrons. The molecule has 2 aliphatic carbocycles. The molecule has 0 heterocycles. The highest BCUT2D eigenvalue weighted by atomic mass is 19.4. The molecule has 3 atom stereocenters. The lowest BCUT2D eigenvalue weighted by Gasteiger charge is -2.18. The Bertz CT molecular complexity index is 601. The van der Waals surface area contributed by atoms with Gasteiger partial charge in [-0.1, -0.05) is 19.9 Å². The Morgan fingerprint density at radius 1 is 1.39 bits per heavy atom. The molecule has 0 bridgehead atoms. The molecule has 0 amide bonds. The Morgan fingerprint density at radius 2 is 1.96 bits per heavy atom. The third kappa shape index (κ3) is 2.42. The van der Waals surface area contributed by atoms with Crippen LogP contribution in [0.15, 0.2) is 23.8 Å². The molecule has 0 aromatic rings. The van der Waals surface area contributed by atoms with Gasteiger partial charge in [0.05, 0.1) is 17.8 Å². The van der Waals surface area contributed by atoms with Gasteiger partial charge in [-0.15, -0.1) is 6.58 Å². The number of carbonyl (C=O) groups is 2. The van der Waals surface area contributed by atoms with Crippen LogP contribution in [0.1, 0.15) is 40.5 Å². The minimum Gasteiger partial charge on any atom is -0.457 e. The van der Waals surface area contributed by atoms with E-state index in [4.69, 9.17) is 4.74 Å². The zero-order chi connectivity index (χ0) is 17.8. The van der Waals surface area contributed by atoms with Crippen LogP contribution in [-0.4, -0.2) is 24.0 Å². The maximum Gasteiger partial charge on any atom is 0.395 e. The number of halogens is 3. The van der Waals surface area contributed by atoms with Crippen molar-refractivity contribution in [3.8, 4) is 0 Å². The summed E-state index contributed by atoms with van der Waals surface area (Å²) < 4.78 is 45.1. The summed E-state index contributed by atoms with van der Waals surface area (Å²) in [6.07, 6.45) is -3.31. The number of ketones is 1. The largest absolute Gasteiger partial charge is 0.457 e. The minimum atomic E-state index is -4.48. The van der Waals surface area contributed by atoms with Crippen molar-refractivity contribution in [2.45, 2.75) is 52.8 Å². The van der Waals surface area contributed by atoms with Crippen LogP contribution in [-0.2, 0) is 14.3 Å². The molecule has 0 aromatic heterocycles. The Hall–Kier alpha value is -1.59. The van der Waals surface area contributed by atoms with Gasteiger partial charge in [0.1, 0.15) is 6.10 Å². The molecule has 0 aliphatic heterocycles. The van der Waals surface area contributed by atoms with E-state index in [1.807, 2.05) is 0 Å². The van der Waals surface area contributed by atoms with Crippen molar-refractivity contribution in [3.05, 3.63) is 23.8 Å². The number of hydrogen-bond donors (Lipinski definition) is 0. The van der Waals surface area contributed by atoms with E-state index in [-0.39, 0.29) is 12.2 Å². The zero-order valence-corrected chi connectivity index (χ0v) is 13.7. The lowest BCUT2D eigenvalue weighted by molar-refractivity contribution is -0.198. The number of alkyl halides is 3. The fourth-order valence-corrected chi connectivity index (χ4v) is 3.66. The molecule has 0 N–H and O–H groups in total. The van der Waals surface area contributed by atoms with E-state index in [9.17, 15) is 22.8 Å². The van der Waals surface area contributed by atoms with Gasteiger partial charge >= 0.3 is 12.1 Å². The first-order chi connectivity index (χ1) is 10.4. The van der Waals surface area contributed by atoms with Gasteiger partial charge in [-0.05, 0) is 31.3 Å². The SMILES string of the molecule is C=CCC1=C(C)C(OC(=O)C2C(C)(C)C2(C)C(F)(F)F)CC1=O. The second kappa shape index (κ2) is 5.21. The van der Waals surface area contributed by atoms with Crippen molar-refractivity contribution in [1.29, 1.82) is 0 Å². The number of esters is 1. The van der Waals surface area contributed by atoms with Crippen LogP contribution in [0, 0.1) is 16.7 Å². The average Bonchev–Trinajstić information content (AvgIpc) is 2.76. The summed E-state index contributed by atoms with van der Waals surface area (Å²) in [4.78, 5) is 24.2. The molecule has 0 spiro atoms. The molecular weight excluding hydrogens is 309 g/mol. The van der Waals surface area contributed by atoms with Crippen molar-refractivity contribution in [2.75, 3.05) is 0 Å². The molecule has 6 heteroatoms. The van der Waals surface area contributed by atoms with Crippen LogP contribution < -0.4 is 0 Å². The van der Waals surface area contributed by atoms with E-state index in [0.29, 0.717) is 17.6 Å². The second-order valence-corrected chi connectivity index (χ2v) is 7.06. The third-order valence-electron chi connectivity index (χ3n) is 5.65. The number of hydrogen-bond acceptors (Lipinski definition) is 3. The fourth-order valence-electron chi connectivity index (χ4n) is 3.66. The van der Waals surface area contributed by atoms with Gasteiger partial charge in [0.15, 0.2) is 5.78 Å². The highest BCUT2D eigenvalue weighted by Gasteiger charge is 2.83. The molecular formula is C17H21F3O3. The summed E-state index contributed by atoms with van der Waals surface area (Å²) >= 11 is 0. The minimum absolute atomic E-state index is 0.00335. The molecule has 2 aliphatic rings. The maximum absolute atomic E-state index is 13.3. The Morgan fingerprint density at radius 3 is 2.39 bits per heavy atom. The topological polar surface area (TPSA) is 43.4 Å². The monoisotopic (exact) mass is 330 g/mol. The van der Waals surface area contributed by atoms with Gasteiger partial charge in [-0.25, -0.2) is 0 Å². The smallest absolute Gasteiger partial charge is 0.395 e. The predicted molar refractivity (Wildman–Crippen MR) is 78.5 cm³/mol. The van der Waals surface area contributed by atoms with Gasteiger partial charge < -0.3 is 4.74 Å². The van der Waals surface area contributed by atoms with Crippen LogP contribution in [0.3, 0.4) is 0 Å². The first-order valence-electron chi connectivity index (χ1n) is 7.50. The normalized spacial score (nSPS) is 32.9. The predicted octanol–water partition coefficient (Wildman–Crippen LogP) is 3.99. The van der Waals surface area contributed by atoms with Crippen molar-refractivity contribution in [1.82, 2.24) is 0 Å². The highest BCUT2D eigenvalue weighted by molar-refractivity contribution is 6.00. The van der Waals surface area contributed by atoms with Crippen molar-refractivity contribution < 1.29 is 27.5 Å². The van der Waals surface area contributed by atoms with Gasteiger partial charge in [-0.3, -0.25) is 9.59 Å². The Kier molecular flexibility index (Phi) is 4.02. The zero-order valence-electron chi connectivity index (χ0n) is 13.7. The molecule has 3 unspecified atom stereocenters. The molecule has 3 nitrogen and oxygen atoms in total. The summed E-state index contributed by atoms with van der Waals surface area (Å²) in [6, 6.07) is 0. The van der Waals surface area contributed by atoms with Crippen LogP contribution >= 0.6 is 0 Å². The molecule has 1 saturated carbocycles. The van der Waals surface area contributed by atoms with Crippen molar-refractivity contribution in [3.63, 3.8) is 0 Å². The van der Waals surface area contributed by atoms with E-state index >= 15 is 0 Å². The van der Waals surface area contributed by atoms with E-state index in [2.05, 4.69) is 6.58 Å². The van der Waals surface area contributed by atoms with Crippen LogP contribution in [0.5, 0.6) is 0 Å². The lowest BCUT2D eigenvalue weighted by atomic mass is 9.98. The first-order valence-corrected chi connectivity index (χ1v) is 7.50. The number of allylic oxidation sites excluding steroid dienone is 2. The summed E-state index contributed by atoms with van der Waals surface area (Å²) in [5, 5.41) is 0. The maximum atomic E-state index is 13.3. The van der Waals surface area contributed by atoms with Gasteiger partial charge in [0.2, 0.25) is 0 Å². The number of Topliss-reactive ketones (excluding diaryl/α,β-unsaturated/α-hetero) is 1. The summed E-state index contributed by atoms with van der Waals surface area (Å²) in [5.74, 6) is -2.28. The number of carbonyl (C=O) groups excluding carboxylic acids is 2. The number of rotatable bonds is 4. The second-order valence-electron chi connectivity index (χ2n) is 7.06. The average molecular weight is 330 g/mol. The Labute approximate surface area is 133 Å². The third-order valence-corrected chi connectivity index (χ3v) is 5.65. The van der Waals surface area contributed by atoms with Crippen LogP contribution in [0.25, 0.3) is 0 Å². The van der Waals surface area contributed by atoms with E-state index in [1.165, 1.54) is 13.8 Å². The van der Waals surface area contributed by atoms with E-state index in [0.717, 1.165) is 6.92 Å². The van der Waals surface area contributed by atoms with Gasteiger partial charge in [0, 0.05) is 5.57 Å². The standard InChI is InChI=1S/C17H21F3O3/c1-6-7-10-9(2)12(8-11(10)21)23-14(22)13-15(3,4)16(13,5)17(18,19)20/h6,12-13H,1,7-8H2,2-5H3. The van der Waals surface area contributed by atoms with Crippen LogP contribution in [0.2, 0.25) is 0 Å². The van der Waals surface area contributed by atoms with Crippen molar-refractivity contribution >= 4 is 11.8 Å². The summed E-state index contributed by atoms with van der Waals surface area (Å²) in [5.41, 5.74) is -2.17. The molecule has 2 rings (SSSR count). The van der Waals surface area contributed by atoms with Crippen LogP contribution in [0.4, 0.5) is 13.2 Å². The van der Waals surface area contributed by atoms with Crippen molar-refractivity contribution in [2.24, 2.45) is 16.7 Å². The quantitative estimate of drug-likeness (QED) is 0.578. The molecule has 1 fully saturated rings. The summed E-state index contributed by atoms with van der Waals surface area (Å²) in [7, 11) is 0. The Balaban J connectivity index is 2.16. The molecule has 128 valence electrons. The van der Waals surface area contributed by atoms with E-state index in [1.54, 1.807) is 13.0 Å². The van der Waals surface area contributed by atoms with E-state index < -0.39 is 35.0 Å². The van der Waals surface area contributed by atoms with Gasteiger partial charge in [0.25, 0.3) is 0 Å². The molecule has 0 saturated heterocycles. The molecule has 0 aromatic carbocycles. The fraction of sp³-hybridized carbons (Fsp3) is 0.647.